The molecule has 0 fully saturated rings. The molecule has 0 bridgehead atoms. The number of aryl methyl sites for hydroxylation is 2. The predicted octanol–water partition coefficient (Wildman–Crippen LogP) is 2.63. The maximum Gasteiger partial charge on any atom is 0.323 e. The summed E-state index contributed by atoms with van der Waals surface area (Å²) >= 11 is 0. The van der Waals surface area contributed by atoms with Crippen LogP contribution in [-0.2, 0) is 4.79 Å². The van der Waals surface area contributed by atoms with Crippen LogP contribution in [0.15, 0.2) is 18.2 Å². The highest BCUT2D eigenvalue weighted by atomic mass is 16.4. The van der Waals surface area contributed by atoms with Gasteiger partial charge in [0.1, 0.15) is 6.54 Å². The molecule has 2 N–H and O–H groups in total. The second kappa shape index (κ2) is 6.78. The fourth-order valence-corrected chi connectivity index (χ4v) is 1.83. The first-order chi connectivity index (χ1) is 8.93. The average molecular weight is 264 g/mol. The van der Waals surface area contributed by atoms with E-state index in [1.807, 2.05) is 39.0 Å². The smallest absolute Gasteiger partial charge is 0.323 e. The fourth-order valence-electron chi connectivity index (χ4n) is 1.83. The Morgan fingerprint density at radius 3 is 2.53 bits per heavy atom. The number of carbonyl (C=O) groups excluding carboxylic acids is 1. The molecule has 5 nitrogen and oxygen atoms in total. The zero-order chi connectivity index (χ0) is 14.4. The van der Waals surface area contributed by atoms with E-state index in [2.05, 4.69) is 5.32 Å². The van der Waals surface area contributed by atoms with Crippen LogP contribution in [0.25, 0.3) is 0 Å². The molecule has 0 atom stereocenters. The first-order valence-corrected chi connectivity index (χ1v) is 6.29. The molecular formula is C14H20N2O3. The molecular weight excluding hydrogens is 244 g/mol. The quantitative estimate of drug-likeness (QED) is 0.859. The summed E-state index contributed by atoms with van der Waals surface area (Å²) in [6.07, 6.45) is 0.716. The fraction of sp³-hybridized carbons (Fsp3) is 0.429. The number of rotatable bonds is 5. The molecule has 1 aromatic rings. The first-order valence-electron chi connectivity index (χ1n) is 6.29. The summed E-state index contributed by atoms with van der Waals surface area (Å²) in [5, 5.41) is 11.5. The molecule has 19 heavy (non-hydrogen) atoms. The summed E-state index contributed by atoms with van der Waals surface area (Å²) < 4.78 is 0. The van der Waals surface area contributed by atoms with E-state index in [4.69, 9.17) is 5.11 Å². The summed E-state index contributed by atoms with van der Waals surface area (Å²) in [4.78, 5) is 24.1. The van der Waals surface area contributed by atoms with Crippen molar-refractivity contribution in [3.8, 4) is 0 Å². The molecule has 0 heterocycles. The standard InChI is InChI=1S/C14H20N2O3/c1-4-7-16(9-13(17)18)14(19)15-12-6-5-10(2)8-11(12)3/h5-6,8H,4,7,9H2,1-3H3,(H,15,19)(H,17,18). The molecule has 0 saturated carbocycles. The van der Waals surface area contributed by atoms with Gasteiger partial charge in [-0.3, -0.25) is 4.79 Å². The summed E-state index contributed by atoms with van der Waals surface area (Å²) in [6, 6.07) is 5.32. The molecule has 2 amide bonds. The molecule has 0 radical (unpaired) electrons. The normalized spacial score (nSPS) is 10.1. The van der Waals surface area contributed by atoms with Crippen LogP contribution in [0.5, 0.6) is 0 Å². The molecule has 5 heteroatoms. The van der Waals surface area contributed by atoms with Gasteiger partial charge in [0.25, 0.3) is 0 Å². The highest BCUT2D eigenvalue weighted by Gasteiger charge is 2.16. The maximum absolute atomic E-state index is 12.0. The zero-order valence-electron chi connectivity index (χ0n) is 11.6. The monoisotopic (exact) mass is 264 g/mol. The van der Waals surface area contributed by atoms with E-state index in [0.717, 1.165) is 11.1 Å². The Kier molecular flexibility index (Phi) is 5.36. The van der Waals surface area contributed by atoms with Gasteiger partial charge in [-0.25, -0.2) is 4.79 Å². The van der Waals surface area contributed by atoms with Gasteiger partial charge >= 0.3 is 12.0 Å². The van der Waals surface area contributed by atoms with E-state index >= 15 is 0 Å². The number of amides is 2. The Balaban J connectivity index is 2.77. The molecule has 0 saturated heterocycles. The van der Waals surface area contributed by atoms with Crippen molar-refractivity contribution < 1.29 is 14.7 Å². The van der Waals surface area contributed by atoms with Crippen LogP contribution >= 0.6 is 0 Å². The zero-order valence-corrected chi connectivity index (χ0v) is 11.6. The minimum absolute atomic E-state index is 0.287. The van der Waals surface area contributed by atoms with Crippen molar-refractivity contribution in [2.45, 2.75) is 27.2 Å². The number of carboxylic acids is 1. The third kappa shape index (κ3) is 4.62. The third-order valence-electron chi connectivity index (χ3n) is 2.73. The molecule has 0 aliphatic carbocycles. The lowest BCUT2D eigenvalue weighted by Crippen LogP contribution is -2.39. The van der Waals surface area contributed by atoms with Crippen molar-refractivity contribution >= 4 is 17.7 Å². The first kappa shape index (κ1) is 15.0. The van der Waals surface area contributed by atoms with Gasteiger partial charge in [0.2, 0.25) is 0 Å². The number of nitrogens with one attached hydrogen (secondary N) is 1. The van der Waals surface area contributed by atoms with Gasteiger partial charge in [-0.1, -0.05) is 24.6 Å². The van der Waals surface area contributed by atoms with Gasteiger partial charge < -0.3 is 15.3 Å². The lowest BCUT2D eigenvalue weighted by molar-refractivity contribution is -0.137. The van der Waals surface area contributed by atoms with E-state index in [0.29, 0.717) is 18.7 Å². The Hall–Kier alpha value is -2.04. The van der Waals surface area contributed by atoms with Crippen LogP contribution < -0.4 is 5.32 Å². The largest absolute Gasteiger partial charge is 0.480 e. The van der Waals surface area contributed by atoms with Crippen molar-refractivity contribution in [3.63, 3.8) is 0 Å². The van der Waals surface area contributed by atoms with E-state index in [-0.39, 0.29) is 12.6 Å². The van der Waals surface area contributed by atoms with Crippen molar-refractivity contribution in [2.24, 2.45) is 0 Å². The number of hydrogen-bond donors (Lipinski definition) is 2. The Morgan fingerprint density at radius 2 is 2.00 bits per heavy atom. The van der Waals surface area contributed by atoms with Crippen LogP contribution in [0.2, 0.25) is 0 Å². The number of benzene rings is 1. The lowest BCUT2D eigenvalue weighted by atomic mass is 10.1. The lowest BCUT2D eigenvalue weighted by Gasteiger charge is -2.21. The van der Waals surface area contributed by atoms with Crippen molar-refractivity contribution in [2.75, 3.05) is 18.4 Å². The number of urea groups is 1. The maximum atomic E-state index is 12.0. The molecule has 0 aliphatic rings. The highest BCUT2D eigenvalue weighted by molar-refractivity contribution is 5.92. The van der Waals surface area contributed by atoms with Crippen LogP contribution in [0, 0.1) is 13.8 Å². The van der Waals surface area contributed by atoms with E-state index in [1.165, 1.54) is 4.90 Å². The van der Waals surface area contributed by atoms with Crippen molar-refractivity contribution in [1.29, 1.82) is 0 Å². The summed E-state index contributed by atoms with van der Waals surface area (Å²) in [6.45, 7) is 5.92. The molecule has 1 aromatic carbocycles. The summed E-state index contributed by atoms with van der Waals surface area (Å²) in [5.74, 6) is -1.01. The Bertz CT molecular complexity index is 472. The number of nitrogens with zero attached hydrogens (tertiary/aromatic N) is 1. The highest BCUT2D eigenvalue weighted by Crippen LogP contribution is 2.16. The number of carboxylic acid groups (broad SMARTS) is 1. The SMILES string of the molecule is CCCN(CC(=O)O)C(=O)Nc1ccc(C)cc1C. The van der Waals surface area contributed by atoms with E-state index < -0.39 is 5.97 Å². The van der Waals surface area contributed by atoms with Gasteiger partial charge in [0.15, 0.2) is 0 Å². The third-order valence-corrected chi connectivity index (χ3v) is 2.73. The van der Waals surface area contributed by atoms with Gasteiger partial charge in [0, 0.05) is 12.2 Å². The van der Waals surface area contributed by atoms with Gasteiger partial charge in [-0.2, -0.15) is 0 Å². The van der Waals surface area contributed by atoms with Crippen LogP contribution in [-0.4, -0.2) is 35.1 Å². The molecule has 104 valence electrons. The molecule has 0 aromatic heterocycles. The minimum Gasteiger partial charge on any atom is -0.480 e. The van der Waals surface area contributed by atoms with Crippen LogP contribution in [0.1, 0.15) is 24.5 Å². The second-order valence-corrected chi connectivity index (χ2v) is 4.56. The number of hydrogen-bond acceptors (Lipinski definition) is 2. The summed E-state index contributed by atoms with van der Waals surface area (Å²) in [5.41, 5.74) is 2.79. The van der Waals surface area contributed by atoms with Gasteiger partial charge in [0.05, 0.1) is 0 Å². The predicted molar refractivity (Wildman–Crippen MR) is 74.4 cm³/mol. The molecule has 0 aliphatic heterocycles. The summed E-state index contributed by atoms with van der Waals surface area (Å²) in [7, 11) is 0. The number of aliphatic carboxylic acids is 1. The van der Waals surface area contributed by atoms with Crippen LogP contribution in [0.3, 0.4) is 0 Å². The number of anilines is 1. The van der Waals surface area contributed by atoms with E-state index in [1.54, 1.807) is 0 Å². The van der Waals surface area contributed by atoms with Crippen molar-refractivity contribution in [1.82, 2.24) is 4.90 Å². The Morgan fingerprint density at radius 1 is 1.32 bits per heavy atom. The number of carbonyl (C=O) groups is 2. The van der Waals surface area contributed by atoms with E-state index in [9.17, 15) is 9.59 Å². The minimum atomic E-state index is -1.01. The van der Waals surface area contributed by atoms with Gasteiger partial charge in [-0.05, 0) is 31.9 Å². The second-order valence-electron chi connectivity index (χ2n) is 4.56. The Labute approximate surface area is 113 Å². The van der Waals surface area contributed by atoms with Crippen molar-refractivity contribution in [3.05, 3.63) is 29.3 Å². The topological polar surface area (TPSA) is 69.6 Å². The van der Waals surface area contributed by atoms with Gasteiger partial charge in [-0.15, -0.1) is 0 Å². The molecule has 0 spiro atoms. The van der Waals surface area contributed by atoms with Crippen LogP contribution in [0.4, 0.5) is 10.5 Å². The average Bonchev–Trinajstić information content (AvgIpc) is 2.31. The molecule has 1 rings (SSSR count). The molecule has 0 unspecified atom stereocenters.